The maximum absolute atomic E-state index is 13.4. The molecule has 0 fully saturated rings. The van der Waals surface area contributed by atoms with Gasteiger partial charge < -0.3 is 9.15 Å². The minimum absolute atomic E-state index is 0.143. The first-order chi connectivity index (χ1) is 13.1. The molecule has 0 aliphatic heterocycles. The number of aromatic nitrogens is 1. The van der Waals surface area contributed by atoms with Crippen LogP contribution in [0, 0.1) is 12.7 Å². The van der Waals surface area contributed by atoms with E-state index in [-0.39, 0.29) is 11.6 Å². The summed E-state index contributed by atoms with van der Waals surface area (Å²) in [6.07, 6.45) is 0. The number of hydrogen-bond acceptors (Lipinski definition) is 5. The van der Waals surface area contributed by atoms with Gasteiger partial charge in [-0.1, -0.05) is 12.1 Å². The lowest BCUT2D eigenvalue weighted by Gasteiger charge is -2.05. The Hall–Kier alpha value is -3.19. The molecule has 27 heavy (non-hydrogen) atoms. The second-order valence-electron chi connectivity index (χ2n) is 5.89. The Balaban J connectivity index is 1.61. The maximum Gasteiger partial charge on any atom is 0.293 e. The number of aryl methyl sites for hydroxylation is 1. The number of thiazole rings is 1. The molecule has 0 saturated heterocycles. The summed E-state index contributed by atoms with van der Waals surface area (Å²) in [5, 5.41) is 5.60. The molecule has 0 aliphatic carbocycles. The highest BCUT2D eigenvalue weighted by atomic mass is 32.1. The summed E-state index contributed by atoms with van der Waals surface area (Å²) in [5.74, 6) is 0.0465. The van der Waals surface area contributed by atoms with Gasteiger partial charge in [0, 0.05) is 21.9 Å². The normalized spacial score (nSPS) is 10.9. The van der Waals surface area contributed by atoms with Crippen LogP contribution in [0.2, 0.25) is 0 Å². The number of carbonyl (C=O) groups is 1. The molecule has 5 nitrogen and oxygen atoms in total. The van der Waals surface area contributed by atoms with E-state index < -0.39 is 5.91 Å². The van der Waals surface area contributed by atoms with E-state index in [2.05, 4.69) is 10.3 Å². The van der Waals surface area contributed by atoms with Crippen LogP contribution in [0.5, 0.6) is 5.75 Å². The van der Waals surface area contributed by atoms with E-state index >= 15 is 0 Å². The Kier molecular flexibility index (Phi) is 4.37. The predicted octanol–water partition coefficient (Wildman–Crippen LogP) is 5.26. The van der Waals surface area contributed by atoms with Gasteiger partial charge in [0.2, 0.25) is 0 Å². The van der Waals surface area contributed by atoms with Crippen molar-refractivity contribution >= 4 is 33.3 Å². The highest BCUT2D eigenvalue weighted by Gasteiger charge is 2.19. The third kappa shape index (κ3) is 3.17. The van der Waals surface area contributed by atoms with E-state index in [1.807, 2.05) is 29.6 Å². The number of ether oxygens (including phenoxy) is 1. The molecule has 0 unspecified atom stereocenters. The molecule has 1 amide bonds. The number of hydrogen-bond donors (Lipinski definition) is 1. The molecule has 0 saturated carbocycles. The number of para-hydroxylation sites is 1. The van der Waals surface area contributed by atoms with Crippen LogP contribution in [0.1, 0.15) is 16.1 Å². The monoisotopic (exact) mass is 382 g/mol. The van der Waals surface area contributed by atoms with Gasteiger partial charge in [-0.25, -0.2) is 9.37 Å². The fourth-order valence-electron chi connectivity index (χ4n) is 2.87. The molecule has 2 aromatic heterocycles. The van der Waals surface area contributed by atoms with E-state index in [4.69, 9.17) is 9.15 Å². The van der Waals surface area contributed by atoms with Crippen molar-refractivity contribution in [3.8, 4) is 17.0 Å². The van der Waals surface area contributed by atoms with Crippen LogP contribution >= 0.6 is 11.3 Å². The van der Waals surface area contributed by atoms with Crippen LogP contribution < -0.4 is 10.1 Å². The summed E-state index contributed by atoms with van der Waals surface area (Å²) in [6.45, 7) is 1.72. The summed E-state index contributed by atoms with van der Waals surface area (Å²) in [5.41, 5.74) is 2.60. The van der Waals surface area contributed by atoms with Crippen molar-refractivity contribution in [2.24, 2.45) is 0 Å². The first-order valence-corrected chi connectivity index (χ1v) is 9.03. The molecule has 2 heterocycles. The van der Waals surface area contributed by atoms with Gasteiger partial charge in [0.1, 0.15) is 17.1 Å². The van der Waals surface area contributed by atoms with Crippen LogP contribution in [0.25, 0.3) is 22.2 Å². The second-order valence-corrected chi connectivity index (χ2v) is 6.75. The van der Waals surface area contributed by atoms with E-state index in [9.17, 15) is 9.18 Å². The van der Waals surface area contributed by atoms with Crippen molar-refractivity contribution in [2.75, 3.05) is 12.4 Å². The average molecular weight is 382 g/mol. The van der Waals surface area contributed by atoms with Gasteiger partial charge in [-0.15, -0.1) is 11.3 Å². The molecule has 2 aromatic carbocycles. The van der Waals surface area contributed by atoms with Crippen LogP contribution in [-0.4, -0.2) is 18.0 Å². The lowest BCUT2D eigenvalue weighted by molar-refractivity contribution is 0.0998. The molecule has 1 N–H and O–H groups in total. The minimum atomic E-state index is -0.426. The summed E-state index contributed by atoms with van der Waals surface area (Å²) < 4.78 is 24.4. The molecule has 4 rings (SSSR count). The van der Waals surface area contributed by atoms with E-state index in [0.29, 0.717) is 33.1 Å². The molecule has 0 radical (unpaired) electrons. The number of amides is 1. The van der Waals surface area contributed by atoms with E-state index in [1.54, 1.807) is 14.0 Å². The van der Waals surface area contributed by atoms with Gasteiger partial charge in [0.05, 0.1) is 12.8 Å². The minimum Gasteiger partial charge on any atom is -0.496 e. The smallest absolute Gasteiger partial charge is 0.293 e. The van der Waals surface area contributed by atoms with Gasteiger partial charge in [-0.05, 0) is 37.3 Å². The van der Waals surface area contributed by atoms with Gasteiger partial charge in [-0.2, -0.15) is 0 Å². The van der Waals surface area contributed by atoms with E-state index in [0.717, 1.165) is 5.56 Å². The van der Waals surface area contributed by atoms with Crippen LogP contribution in [0.4, 0.5) is 9.52 Å². The Bertz CT molecular complexity index is 1150. The third-order valence-electron chi connectivity index (χ3n) is 4.21. The first kappa shape index (κ1) is 17.2. The Labute approximate surface area is 158 Å². The van der Waals surface area contributed by atoms with Crippen LogP contribution in [0.3, 0.4) is 0 Å². The maximum atomic E-state index is 13.4. The molecule has 4 aromatic rings. The largest absolute Gasteiger partial charge is 0.496 e. The number of nitrogens with zero attached hydrogens (tertiary/aromatic N) is 1. The second kappa shape index (κ2) is 6.85. The topological polar surface area (TPSA) is 64.4 Å². The number of halogens is 1. The van der Waals surface area contributed by atoms with E-state index in [1.165, 1.54) is 29.5 Å². The fraction of sp³-hybridized carbons (Fsp3) is 0.100. The quantitative estimate of drug-likeness (QED) is 0.523. The van der Waals surface area contributed by atoms with Gasteiger partial charge in [0.15, 0.2) is 10.9 Å². The van der Waals surface area contributed by atoms with Crippen LogP contribution in [0.15, 0.2) is 52.3 Å². The highest BCUT2D eigenvalue weighted by molar-refractivity contribution is 7.14. The number of furan rings is 1. The fourth-order valence-corrected chi connectivity index (χ4v) is 3.58. The van der Waals surface area contributed by atoms with Gasteiger partial charge >= 0.3 is 0 Å². The van der Waals surface area contributed by atoms with Crippen molar-refractivity contribution in [1.82, 2.24) is 4.98 Å². The average Bonchev–Trinajstić information content (AvgIpc) is 3.26. The number of nitrogens with one attached hydrogen (secondary N) is 1. The van der Waals surface area contributed by atoms with Crippen molar-refractivity contribution in [3.05, 3.63) is 65.0 Å². The SMILES string of the molecule is COc1ccccc1-c1csc(NC(=O)c2oc3ccc(F)cc3c2C)n1. The standard InChI is InChI=1S/C20H15FN2O3S/c1-11-14-9-12(21)7-8-17(14)26-18(11)19(24)23-20-22-15(10-27-20)13-5-3-4-6-16(13)25-2/h3-10H,1-2H3,(H,22,23,24). The molecule has 136 valence electrons. The van der Waals surface area contributed by atoms with Gasteiger partial charge in [0.25, 0.3) is 5.91 Å². The van der Waals surface area contributed by atoms with Crippen molar-refractivity contribution < 1.29 is 18.3 Å². The summed E-state index contributed by atoms with van der Waals surface area (Å²) >= 11 is 1.30. The van der Waals surface area contributed by atoms with Crippen molar-refractivity contribution in [3.63, 3.8) is 0 Å². The molecular weight excluding hydrogens is 367 g/mol. The Morgan fingerprint density at radius 1 is 1.26 bits per heavy atom. The zero-order valence-corrected chi connectivity index (χ0v) is 15.4. The molecule has 0 spiro atoms. The zero-order chi connectivity index (χ0) is 19.0. The molecule has 0 bridgehead atoms. The first-order valence-electron chi connectivity index (χ1n) is 8.15. The number of anilines is 1. The molecule has 7 heteroatoms. The number of fused-ring (bicyclic) bond motifs is 1. The Morgan fingerprint density at radius 2 is 2.07 bits per heavy atom. The predicted molar refractivity (Wildman–Crippen MR) is 103 cm³/mol. The van der Waals surface area contributed by atoms with Crippen molar-refractivity contribution in [2.45, 2.75) is 6.92 Å². The Morgan fingerprint density at radius 3 is 2.89 bits per heavy atom. The summed E-state index contributed by atoms with van der Waals surface area (Å²) in [4.78, 5) is 17.1. The van der Waals surface area contributed by atoms with Crippen molar-refractivity contribution in [1.29, 1.82) is 0 Å². The molecular formula is C20H15FN2O3S. The number of rotatable bonds is 4. The number of benzene rings is 2. The summed E-state index contributed by atoms with van der Waals surface area (Å²) in [6, 6.07) is 11.7. The molecule has 0 aliphatic rings. The van der Waals surface area contributed by atoms with Gasteiger partial charge in [-0.3, -0.25) is 10.1 Å². The zero-order valence-electron chi connectivity index (χ0n) is 14.6. The summed E-state index contributed by atoms with van der Waals surface area (Å²) in [7, 11) is 1.60. The van der Waals surface area contributed by atoms with Crippen LogP contribution in [-0.2, 0) is 0 Å². The highest BCUT2D eigenvalue weighted by Crippen LogP contribution is 2.32. The number of carbonyl (C=O) groups excluding carboxylic acids is 1. The third-order valence-corrected chi connectivity index (χ3v) is 4.97. The lowest BCUT2D eigenvalue weighted by Crippen LogP contribution is -2.11. The molecule has 0 atom stereocenters. The lowest BCUT2D eigenvalue weighted by atomic mass is 10.1. The number of methoxy groups -OCH3 is 1.